The molecule has 3 aliphatic heterocycles. The Hall–Kier alpha value is -4.93. The van der Waals surface area contributed by atoms with Crippen LogP contribution in [0.15, 0.2) is 143 Å². The third-order valence-corrected chi connectivity index (χ3v) is 12.5. The van der Waals surface area contributed by atoms with Gasteiger partial charge in [0.1, 0.15) is 0 Å². The molecule has 4 nitrogen and oxygen atoms in total. The first-order valence-corrected chi connectivity index (χ1v) is 19.5. The molecule has 0 saturated heterocycles. The minimum absolute atomic E-state index is 0.0736. The first-order chi connectivity index (χ1) is 25.5. The van der Waals surface area contributed by atoms with Gasteiger partial charge in [0.25, 0.3) is 0 Å². The van der Waals surface area contributed by atoms with Gasteiger partial charge < -0.3 is 16.0 Å². The van der Waals surface area contributed by atoms with Crippen molar-refractivity contribution in [2.45, 2.75) is 81.8 Å². The van der Waals surface area contributed by atoms with Gasteiger partial charge in [0.2, 0.25) is 0 Å². The van der Waals surface area contributed by atoms with Gasteiger partial charge in [0, 0.05) is 23.6 Å². The van der Waals surface area contributed by atoms with Crippen LogP contribution in [0.5, 0.6) is 0 Å². The van der Waals surface area contributed by atoms with Crippen LogP contribution in [0.3, 0.4) is 0 Å². The third-order valence-electron chi connectivity index (χ3n) is 12.5. The quantitative estimate of drug-likeness (QED) is 0.172. The topological polar surface area (TPSA) is 48.4 Å². The fourth-order valence-corrected chi connectivity index (χ4v) is 9.65. The van der Waals surface area contributed by atoms with Crippen LogP contribution < -0.4 is 16.0 Å². The molecular weight excluding hydrogens is 633 g/mol. The Morgan fingerprint density at radius 2 is 1.75 bits per heavy atom. The zero-order valence-electron chi connectivity index (χ0n) is 30.6. The summed E-state index contributed by atoms with van der Waals surface area (Å²) in [6.07, 6.45) is 28.1. The lowest BCUT2D eigenvalue weighted by Gasteiger charge is -2.42. The van der Waals surface area contributed by atoms with Crippen molar-refractivity contribution < 1.29 is 0 Å². The molecule has 0 aromatic heterocycles. The third kappa shape index (κ3) is 5.87. The van der Waals surface area contributed by atoms with E-state index >= 15 is 0 Å². The maximum atomic E-state index is 5.42. The van der Waals surface area contributed by atoms with Crippen LogP contribution in [0.25, 0.3) is 12.2 Å². The van der Waals surface area contributed by atoms with Gasteiger partial charge in [-0.15, -0.1) is 0 Å². The molecule has 3 aromatic carbocycles. The van der Waals surface area contributed by atoms with Gasteiger partial charge in [-0.05, 0) is 116 Å². The minimum Gasteiger partial charge on any atom is -0.375 e. The van der Waals surface area contributed by atoms with E-state index in [0.29, 0.717) is 11.8 Å². The van der Waals surface area contributed by atoms with Crippen LogP contribution in [0, 0.1) is 5.92 Å². The van der Waals surface area contributed by atoms with Crippen LogP contribution in [0.1, 0.15) is 86.5 Å². The van der Waals surface area contributed by atoms with Crippen molar-refractivity contribution in [1.82, 2.24) is 5.32 Å². The summed E-state index contributed by atoms with van der Waals surface area (Å²) in [5.41, 5.74) is 16.8. The predicted octanol–water partition coefficient (Wildman–Crippen LogP) is 11.3. The zero-order valence-corrected chi connectivity index (χ0v) is 30.6. The minimum atomic E-state index is -0.289. The SMILES string of the molecule is C=C(/C=C\C(NC)C1C=Cc2ccc3c(c2N1)NC(C)(c1ccccc1)C=C3)C1=CCCC(C2=Nc3ccccc3C3C4=C(CCCC4)CCC23)=C1. The Labute approximate surface area is 309 Å². The highest BCUT2D eigenvalue weighted by atomic mass is 15.1. The van der Waals surface area contributed by atoms with Gasteiger partial charge in [-0.3, -0.25) is 4.99 Å². The fraction of sp³-hybridized carbons (Fsp3) is 0.312. The maximum Gasteiger partial charge on any atom is 0.0785 e. The molecule has 3 aromatic rings. The molecule has 0 radical (unpaired) electrons. The van der Waals surface area contributed by atoms with Crippen molar-refractivity contribution in [1.29, 1.82) is 0 Å². The summed E-state index contributed by atoms with van der Waals surface area (Å²) < 4.78 is 0. The number of allylic oxidation sites excluding steroid dienone is 8. The number of para-hydroxylation sites is 1. The molecule has 262 valence electrons. The summed E-state index contributed by atoms with van der Waals surface area (Å²) in [5.74, 6) is 0.968. The first-order valence-electron chi connectivity index (χ1n) is 19.5. The Morgan fingerprint density at radius 3 is 2.62 bits per heavy atom. The van der Waals surface area contributed by atoms with Crippen LogP contribution in [0.2, 0.25) is 0 Å². The summed E-state index contributed by atoms with van der Waals surface area (Å²) in [4.78, 5) is 5.42. The van der Waals surface area contributed by atoms with Crippen LogP contribution in [-0.4, -0.2) is 24.8 Å². The van der Waals surface area contributed by atoms with Crippen molar-refractivity contribution in [3.8, 4) is 0 Å². The summed E-state index contributed by atoms with van der Waals surface area (Å²) in [5, 5.41) is 11.4. The van der Waals surface area contributed by atoms with Gasteiger partial charge in [0.15, 0.2) is 0 Å². The van der Waals surface area contributed by atoms with Gasteiger partial charge >= 0.3 is 0 Å². The molecule has 0 amide bonds. The van der Waals surface area contributed by atoms with E-state index in [9.17, 15) is 0 Å². The van der Waals surface area contributed by atoms with E-state index in [4.69, 9.17) is 4.99 Å². The summed E-state index contributed by atoms with van der Waals surface area (Å²) in [7, 11) is 2.04. The Morgan fingerprint density at radius 1 is 0.942 bits per heavy atom. The number of nitrogens with zero attached hydrogens (tertiary/aromatic N) is 1. The van der Waals surface area contributed by atoms with Gasteiger partial charge in [0.05, 0.1) is 28.6 Å². The van der Waals surface area contributed by atoms with Crippen LogP contribution in [0.4, 0.5) is 17.1 Å². The van der Waals surface area contributed by atoms with Crippen molar-refractivity contribution in [3.05, 3.63) is 160 Å². The van der Waals surface area contributed by atoms with E-state index in [1.165, 1.54) is 83.3 Å². The van der Waals surface area contributed by atoms with E-state index in [2.05, 4.69) is 145 Å². The second-order valence-corrected chi connectivity index (χ2v) is 15.6. The smallest absolute Gasteiger partial charge is 0.0785 e. The Balaban J connectivity index is 0.944. The number of fused-ring (bicyclic) bond motifs is 7. The standard InChI is InChI=1S/C48H50N4/c1-31(35-13-11-14-36(30-35)45-40-25-23-32-12-7-8-17-38(32)44(40)39-18-9-10-19-41(39)50-45)20-26-42(49-3)43-27-24-33-21-22-34-28-29-48(2,37-15-5-4-6-16-37)52-47(34)46(33)51-43/h4-6,9-10,13,15-16,18-22,24,26-30,40,42-44,49,51-52H,1,7-8,11-12,14,17,23,25H2,2-3H3/b26-20-. The molecule has 3 N–H and O–H groups in total. The predicted molar refractivity (Wildman–Crippen MR) is 220 cm³/mol. The molecule has 6 aliphatic rings. The average Bonchev–Trinajstić information content (AvgIpc) is 3.20. The molecular formula is C48H50N4. The highest BCUT2D eigenvalue weighted by molar-refractivity contribution is 6.06. The Bertz CT molecular complexity index is 2140. The molecule has 3 aliphatic carbocycles. The van der Waals surface area contributed by atoms with Crippen LogP contribution in [-0.2, 0) is 5.54 Å². The van der Waals surface area contributed by atoms with E-state index in [1.54, 1.807) is 11.1 Å². The highest BCUT2D eigenvalue weighted by Crippen LogP contribution is 2.53. The van der Waals surface area contributed by atoms with E-state index < -0.39 is 0 Å². The summed E-state index contributed by atoms with van der Waals surface area (Å²) in [6, 6.07) is 24.2. The molecule has 52 heavy (non-hydrogen) atoms. The molecule has 5 unspecified atom stereocenters. The molecule has 0 saturated carbocycles. The first kappa shape index (κ1) is 32.9. The van der Waals surface area contributed by atoms with Crippen molar-refractivity contribution >= 4 is 34.9 Å². The number of hydrogen-bond acceptors (Lipinski definition) is 4. The molecule has 9 rings (SSSR count). The number of anilines is 2. The van der Waals surface area contributed by atoms with Crippen molar-refractivity contribution in [2.75, 3.05) is 17.7 Å². The van der Waals surface area contributed by atoms with Crippen molar-refractivity contribution in [3.63, 3.8) is 0 Å². The van der Waals surface area contributed by atoms with Gasteiger partial charge in [-0.2, -0.15) is 0 Å². The zero-order chi connectivity index (χ0) is 35.2. The molecule has 0 fully saturated rings. The Kier molecular flexibility index (Phi) is 8.59. The summed E-state index contributed by atoms with van der Waals surface area (Å²) >= 11 is 0. The second-order valence-electron chi connectivity index (χ2n) is 15.6. The van der Waals surface area contributed by atoms with E-state index in [1.807, 2.05) is 7.05 Å². The second kappa shape index (κ2) is 13.6. The number of aliphatic imine (C=N–C) groups is 1. The molecule has 5 atom stereocenters. The molecule has 0 bridgehead atoms. The number of benzene rings is 3. The molecule has 4 heteroatoms. The molecule has 3 heterocycles. The largest absolute Gasteiger partial charge is 0.375 e. The normalized spacial score (nSPS) is 26.3. The van der Waals surface area contributed by atoms with Crippen LogP contribution >= 0.6 is 0 Å². The maximum absolute atomic E-state index is 5.42. The monoisotopic (exact) mass is 682 g/mol. The number of nitrogens with one attached hydrogen (secondary N) is 3. The lowest BCUT2D eigenvalue weighted by Crippen LogP contribution is -2.41. The summed E-state index contributed by atoms with van der Waals surface area (Å²) in [6.45, 7) is 6.84. The van der Waals surface area contributed by atoms with E-state index in [-0.39, 0.29) is 17.6 Å². The van der Waals surface area contributed by atoms with Gasteiger partial charge in [-0.25, -0.2) is 0 Å². The average molecular weight is 683 g/mol. The number of rotatable bonds is 7. The van der Waals surface area contributed by atoms with Crippen molar-refractivity contribution in [2.24, 2.45) is 10.9 Å². The highest BCUT2D eigenvalue weighted by Gasteiger charge is 2.40. The molecule has 0 spiro atoms. The number of likely N-dealkylation sites (N-methyl/N-ethyl adjacent to an activating group) is 1. The number of hydrogen-bond donors (Lipinski definition) is 3. The van der Waals surface area contributed by atoms with Gasteiger partial charge in [-0.1, -0.05) is 121 Å². The lowest BCUT2D eigenvalue weighted by molar-refractivity contribution is 0.454. The van der Waals surface area contributed by atoms with E-state index in [0.717, 1.165) is 29.8 Å². The fourth-order valence-electron chi connectivity index (χ4n) is 9.65. The lowest BCUT2D eigenvalue weighted by atomic mass is 9.64.